The molecule has 12 heavy (non-hydrogen) atoms. The quantitative estimate of drug-likeness (QED) is 0.621. The largest absolute Gasteiger partial charge is 0.329 e. The monoisotopic (exact) mass is 170 g/mol. The number of hydrogen-bond acceptors (Lipinski definition) is 2. The standard InChI is InChI=1S/C8H14N2O2/c1-4-8(2,3)10-6(11)5-9-7(10)12/h4-5H2,1-3H3,(H,9,12). The number of amides is 3. The van der Waals surface area contributed by atoms with E-state index < -0.39 is 0 Å². The highest BCUT2D eigenvalue weighted by Crippen LogP contribution is 2.20. The van der Waals surface area contributed by atoms with E-state index in [1.807, 2.05) is 20.8 Å². The molecular formula is C8H14N2O2. The Morgan fingerprint density at radius 3 is 2.42 bits per heavy atom. The molecule has 0 spiro atoms. The molecule has 1 saturated heterocycles. The lowest BCUT2D eigenvalue weighted by Crippen LogP contribution is -2.47. The summed E-state index contributed by atoms with van der Waals surface area (Å²) in [6, 6.07) is -0.271. The van der Waals surface area contributed by atoms with Gasteiger partial charge in [-0.15, -0.1) is 0 Å². The van der Waals surface area contributed by atoms with Gasteiger partial charge in [-0.2, -0.15) is 0 Å². The fourth-order valence-corrected chi connectivity index (χ4v) is 1.19. The smallest absolute Gasteiger partial charge is 0.325 e. The molecule has 1 N–H and O–H groups in total. The molecule has 0 saturated carbocycles. The molecule has 1 fully saturated rings. The van der Waals surface area contributed by atoms with Gasteiger partial charge in [0, 0.05) is 5.54 Å². The Morgan fingerprint density at radius 2 is 2.08 bits per heavy atom. The second kappa shape index (κ2) is 2.77. The molecule has 1 aliphatic rings. The molecule has 1 heterocycles. The zero-order valence-electron chi connectivity index (χ0n) is 7.68. The van der Waals surface area contributed by atoms with Crippen LogP contribution in [-0.2, 0) is 4.79 Å². The maximum Gasteiger partial charge on any atom is 0.325 e. The summed E-state index contributed by atoms with van der Waals surface area (Å²) < 4.78 is 0. The van der Waals surface area contributed by atoms with Crippen molar-refractivity contribution in [3.63, 3.8) is 0 Å². The first-order chi connectivity index (χ1) is 5.49. The fourth-order valence-electron chi connectivity index (χ4n) is 1.19. The van der Waals surface area contributed by atoms with Crippen molar-refractivity contribution < 1.29 is 9.59 Å². The maximum atomic E-state index is 11.2. The van der Waals surface area contributed by atoms with Gasteiger partial charge in [0.2, 0.25) is 0 Å². The number of hydrogen-bond donors (Lipinski definition) is 1. The lowest BCUT2D eigenvalue weighted by Gasteiger charge is -2.31. The van der Waals surface area contributed by atoms with Crippen molar-refractivity contribution in [2.45, 2.75) is 32.7 Å². The fraction of sp³-hybridized carbons (Fsp3) is 0.750. The summed E-state index contributed by atoms with van der Waals surface area (Å²) in [7, 11) is 0. The van der Waals surface area contributed by atoms with Gasteiger partial charge in [-0.3, -0.25) is 9.69 Å². The van der Waals surface area contributed by atoms with Crippen molar-refractivity contribution in [3.05, 3.63) is 0 Å². The summed E-state index contributed by atoms with van der Waals surface area (Å²) in [5.41, 5.74) is -0.363. The number of imide groups is 1. The van der Waals surface area contributed by atoms with Crippen LogP contribution in [0.3, 0.4) is 0 Å². The van der Waals surface area contributed by atoms with Crippen LogP contribution in [0.1, 0.15) is 27.2 Å². The molecule has 0 unspecified atom stereocenters. The van der Waals surface area contributed by atoms with Gasteiger partial charge < -0.3 is 5.32 Å². The van der Waals surface area contributed by atoms with Crippen molar-refractivity contribution >= 4 is 11.9 Å². The maximum absolute atomic E-state index is 11.2. The van der Waals surface area contributed by atoms with Crippen LogP contribution < -0.4 is 5.32 Å². The number of carbonyl (C=O) groups is 2. The highest BCUT2D eigenvalue weighted by atomic mass is 16.2. The molecular weight excluding hydrogens is 156 g/mol. The van der Waals surface area contributed by atoms with Gasteiger partial charge in [0.05, 0.1) is 6.54 Å². The van der Waals surface area contributed by atoms with Gasteiger partial charge in [0.1, 0.15) is 0 Å². The second-order valence-electron chi connectivity index (χ2n) is 3.55. The van der Waals surface area contributed by atoms with Crippen molar-refractivity contribution in [2.24, 2.45) is 0 Å². The lowest BCUT2D eigenvalue weighted by molar-refractivity contribution is -0.128. The average Bonchev–Trinajstić information content (AvgIpc) is 2.31. The molecule has 0 bridgehead atoms. The van der Waals surface area contributed by atoms with Crippen molar-refractivity contribution in [3.8, 4) is 0 Å². The molecule has 1 aliphatic heterocycles. The molecule has 0 aromatic heterocycles. The highest BCUT2D eigenvalue weighted by Gasteiger charge is 2.38. The van der Waals surface area contributed by atoms with E-state index in [4.69, 9.17) is 0 Å². The van der Waals surface area contributed by atoms with Crippen LogP contribution in [0.5, 0.6) is 0 Å². The van der Waals surface area contributed by atoms with Gasteiger partial charge >= 0.3 is 6.03 Å². The van der Waals surface area contributed by atoms with Crippen LogP contribution in [0.2, 0.25) is 0 Å². The predicted molar refractivity (Wildman–Crippen MR) is 44.6 cm³/mol. The first kappa shape index (κ1) is 9.03. The van der Waals surface area contributed by atoms with Gasteiger partial charge in [-0.25, -0.2) is 4.79 Å². The molecule has 3 amide bonds. The average molecular weight is 170 g/mol. The van der Waals surface area contributed by atoms with Gasteiger partial charge in [-0.05, 0) is 20.3 Å². The minimum Gasteiger partial charge on any atom is -0.329 e. The highest BCUT2D eigenvalue weighted by molar-refractivity contribution is 6.02. The van der Waals surface area contributed by atoms with Crippen molar-refractivity contribution in [2.75, 3.05) is 6.54 Å². The Labute approximate surface area is 71.9 Å². The van der Waals surface area contributed by atoms with Crippen LogP contribution >= 0.6 is 0 Å². The number of urea groups is 1. The Kier molecular flexibility index (Phi) is 2.08. The molecule has 4 nitrogen and oxygen atoms in total. The molecule has 1 rings (SSSR count). The number of rotatable bonds is 2. The van der Waals surface area contributed by atoms with Crippen LogP contribution in [0.15, 0.2) is 0 Å². The molecule has 0 aromatic rings. The first-order valence-electron chi connectivity index (χ1n) is 4.10. The number of nitrogens with one attached hydrogen (secondary N) is 1. The van der Waals surface area contributed by atoms with Crippen LogP contribution in [-0.4, -0.2) is 28.9 Å². The van der Waals surface area contributed by atoms with Crippen LogP contribution in [0.4, 0.5) is 4.79 Å². The van der Waals surface area contributed by atoms with E-state index in [-0.39, 0.29) is 24.0 Å². The van der Waals surface area contributed by atoms with Crippen LogP contribution in [0.25, 0.3) is 0 Å². The normalized spacial score (nSPS) is 18.4. The summed E-state index contributed by atoms with van der Waals surface area (Å²) >= 11 is 0. The van der Waals surface area contributed by atoms with E-state index in [2.05, 4.69) is 5.32 Å². The molecule has 0 atom stereocenters. The van der Waals surface area contributed by atoms with Crippen molar-refractivity contribution in [1.82, 2.24) is 10.2 Å². The van der Waals surface area contributed by atoms with Gasteiger partial charge in [0.25, 0.3) is 5.91 Å². The minimum atomic E-state index is -0.363. The zero-order chi connectivity index (χ0) is 9.35. The third-order valence-corrected chi connectivity index (χ3v) is 2.31. The van der Waals surface area contributed by atoms with Crippen LogP contribution in [0, 0.1) is 0 Å². The molecule has 0 aromatic carbocycles. The first-order valence-corrected chi connectivity index (χ1v) is 4.10. The Hall–Kier alpha value is -1.06. The Morgan fingerprint density at radius 1 is 1.50 bits per heavy atom. The third-order valence-electron chi connectivity index (χ3n) is 2.31. The van der Waals surface area contributed by atoms with Crippen molar-refractivity contribution in [1.29, 1.82) is 0 Å². The zero-order valence-corrected chi connectivity index (χ0v) is 7.68. The van der Waals surface area contributed by atoms with E-state index in [1.54, 1.807) is 0 Å². The molecule has 68 valence electrons. The minimum absolute atomic E-state index is 0.133. The van der Waals surface area contributed by atoms with E-state index >= 15 is 0 Å². The van der Waals surface area contributed by atoms with E-state index in [0.717, 1.165) is 6.42 Å². The van der Waals surface area contributed by atoms with Gasteiger partial charge in [-0.1, -0.05) is 6.92 Å². The number of nitrogens with zero attached hydrogens (tertiary/aromatic N) is 1. The molecule has 4 heteroatoms. The Bertz CT molecular complexity index is 207. The van der Waals surface area contributed by atoms with E-state index in [0.29, 0.717) is 0 Å². The SMILES string of the molecule is CCC(C)(C)N1C(=O)CNC1=O. The van der Waals surface area contributed by atoms with Gasteiger partial charge in [0.15, 0.2) is 0 Å². The van der Waals surface area contributed by atoms with E-state index in [9.17, 15) is 9.59 Å². The topological polar surface area (TPSA) is 49.4 Å². The van der Waals surface area contributed by atoms with E-state index in [1.165, 1.54) is 4.90 Å². The predicted octanol–water partition coefficient (Wildman–Crippen LogP) is 0.727. The number of carbonyl (C=O) groups excluding carboxylic acids is 2. The summed E-state index contributed by atoms with van der Waals surface area (Å²) in [4.78, 5) is 23.7. The molecule has 0 aliphatic carbocycles. The Balaban J connectivity index is 2.86. The summed E-state index contributed by atoms with van der Waals surface area (Å²) in [6.07, 6.45) is 0.770. The lowest BCUT2D eigenvalue weighted by atomic mass is 10.00. The summed E-state index contributed by atoms with van der Waals surface area (Å²) in [5.74, 6) is -0.133. The summed E-state index contributed by atoms with van der Waals surface area (Å²) in [6.45, 7) is 5.87. The third kappa shape index (κ3) is 1.29. The summed E-state index contributed by atoms with van der Waals surface area (Å²) in [5, 5.41) is 2.50. The molecule has 0 radical (unpaired) electrons. The second-order valence-corrected chi connectivity index (χ2v) is 3.55.